The molecule has 5 heteroatoms. The molecule has 1 aliphatic rings. The fourth-order valence-electron chi connectivity index (χ4n) is 1.77. The SMILES string of the molecule is CCNc1nccc(NC2CC(OC)C2)n1. The number of hydrogen-bond acceptors (Lipinski definition) is 5. The number of methoxy groups -OCH3 is 1. The first kappa shape index (κ1) is 11.1. The zero-order chi connectivity index (χ0) is 11.4. The summed E-state index contributed by atoms with van der Waals surface area (Å²) >= 11 is 0. The van der Waals surface area contributed by atoms with Crippen molar-refractivity contribution in [2.24, 2.45) is 0 Å². The van der Waals surface area contributed by atoms with E-state index in [2.05, 4.69) is 20.6 Å². The summed E-state index contributed by atoms with van der Waals surface area (Å²) in [6.07, 6.45) is 4.28. The number of aromatic nitrogens is 2. The lowest BCUT2D eigenvalue weighted by Gasteiger charge is -2.34. The molecule has 0 aliphatic heterocycles. The first-order valence-electron chi connectivity index (χ1n) is 5.68. The van der Waals surface area contributed by atoms with Gasteiger partial charge in [-0.25, -0.2) is 4.98 Å². The quantitative estimate of drug-likeness (QED) is 0.790. The third-order valence-electron chi connectivity index (χ3n) is 2.77. The van der Waals surface area contributed by atoms with Crippen LogP contribution in [0.3, 0.4) is 0 Å². The molecule has 0 radical (unpaired) electrons. The molecular formula is C11H18N4O. The van der Waals surface area contributed by atoms with Crippen LogP contribution in [0, 0.1) is 0 Å². The van der Waals surface area contributed by atoms with Crippen LogP contribution in [0.2, 0.25) is 0 Å². The van der Waals surface area contributed by atoms with Gasteiger partial charge in [0.25, 0.3) is 0 Å². The lowest BCUT2D eigenvalue weighted by Crippen LogP contribution is -2.40. The molecule has 0 saturated heterocycles. The Morgan fingerprint density at radius 1 is 1.50 bits per heavy atom. The molecule has 88 valence electrons. The van der Waals surface area contributed by atoms with Crippen LogP contribution >= 0.6 is 0 Å². The highest BCUT2D eigenvalue weighted by Gasteiger charge is 2.28. The van der Waals surface area contributed by atoms with Gasteiger partial charge in [0.1, 0.15) is 5.82 Å². The van der Waals surface area contributed by atoms with E-state index in [4.69, 9.17) is 4.74 Å². The first-order valence-corrected chi connectivity index (χ1v) is 5.68. The molecule has 1 saturated carbocycles. The molecular weight excluding hydrogens is 204 g/mol. The van der Waals surface area contributed by atoms with Crippen LogP contribution in [0.4, 0.5) is 11.8 Å². The molecule has 1 fully saturated rings. The summed E-state index contributed by atoms with van der Waals surface area (Å²) < 4.78 is 5.23. The molecule has 1 heterocycles. The van der Waals surface area contributed by atoms with Crippen LogP contribution in [0.5, 0.6) is 0 Å². The van der Waals surface area contributed by atoms with Gasteiger partial charge in [0.15, 0.2) is 0 Å². The van der Waals surface area contributed by atoms with E-state index >= 15 is 0 Å². The second-order valence-corrected chi connectivity index (χ2v) is 3.97. The highest BCUT2D eigenvalue weighted by molar-refractivity contribution is 5.40. The van der Waals surface area contributed by atoms with Crippen molar-refractivity contribution in [3.05, 3.63) is 12.3 Å². The molecule has 0 amide bonds. The van der Waals surface area contributed by atoms with E-state index in [0.29, 0.717) is 18.1 Å². The minimum atomic E-state index is 0.410. The second-order valence-electron chi connectivity index (χ2n) is 3.97. The minimum Gasteiger partial charge on any atom is -0.381 e. The summed E-state index contributed by atoms with van der Waals surface area (Å²) in [5.74, 6) is 1.56. The molecule has 1 aromatic rings. The van der Waals surface area contributed by atoms with Crippen LogP contribution in [0.25, 0.3) is 0 Å². The first-order chi connectivity index (χ1) is 7.81. The van der Waals surface area contributed by atoms with E-state index < -0.39 is 0 Å². The summed E-state index contributed by atoms with van der Waals surface area (Å²) in [5.41, 5.74) is 0. The molecule has 0 unspecified atom stereocenters. The third-order valence-corrected chi connectivity index (χ3v) is 2.77. The Morgan fingerprint density at radius 2 is 2.31 bits per heavy atom. The number of hydrogen-bond donors (Lipinski definition) is 2. The lowest BCUT2D eigenvalue weighted by atomic mass is 9.89. The van der Waals surface area contributed by atoms with Crippen LogP contribution < -0.4 is 10.6 Å². The van der Waals surface area contributed by atoms with Gasteiger partial charge in [0, 0.05) is 25.9 Å². The summed E-state index contributed by atoms with van der Waals surface area (Å²) in [6, 6.07) is 2.37. The van der Waals surface area contributed by atoms with Gasteiger partial charge < -0.3 is 15.4 Å². The molecule has 0 bridgehead atoms. The summed E-state index contributed by atoms with van der Waals surface area (Å²) in [4.78, 5) is 8.49. The van der Waals surface area contributed by atoms with Crippen LogP contribution in [-0.2, 0) is 4.74 Å². The summed E-state index contributed by atoms with van der Waals surface area (Å²) in [7, 11) is 1.76. The van der Waals surface area contributed by atoms with Crippen molar-refractivity contribution in [1.29, 1.82) is 0 Å². The summed E-state index contributed by atoms with van der Waals surface area (Å²) in [6.45, 7) is 2.86. The van der Waals surface area contributed by atoms with E-state index in [-0.39, 0.29) is 0 Å². The van der Waals surface area contributed by atoms with Crippen molar-refractivity contribution in [3.63, 3.8) is 0 Å². The van der Waals surface area contributed by atoms with Crippen LogP contribution in [0.1, 0.15) is 19.8 Å². The van der Waals surface area contributed by atoms with Gasteiger partial charge in [-0.05, 0) is 25.8 Å². The summed E-state index contributed by atoms with van der Waals surface area (Å²) in [5, 5.41) is 6.46. The molecule has 1 aliphatic carbocycles. The molecule has 0 aromatic carbocycles. The Labute approximate surface area is 95.6 Å². The van der Waals surface area contributed by atoms with Crippen LogP contribution in [0.15, 0.2) is 12.3 Å². The standard InChI is InChI=1S/C11H18N4O/c1-3-12-11-13-5-4-10(15-11)14-8-6-9(7-8)16-2/h4-5,8-9H,3,6-7H2,1-2H3,(H2,12,13,14,15). The zero-order valence-electron chi connectivity index (χ0n) is 9.73. The van der Waals surface area contributed by atoms with Crippen molar-refractivity contribution < 1.29 is 4.74 Å². The Bertz CT molecular complexity index is 339. The normalized spacial score (nSPS) is 23.6. The number of rotatable bonds is 5. The van der Waals surface area contributed by atoms with Crippen molar-refractivity contribution >= 4 is 11.8 Å². The van der Waals surface area contributed by atoms with Crippen LogP contribution in [-0.4, -0.2) is 35.8 Å². The van der Waals surface area contributed by atoms with Gasteiger partial charge in [-0.1, -0.05) is 0 Å². The Balaban J connectivity index is 1.87. The second kappa shape index (κ2) is 5.12. The van der Waals surface area contributed by atoms with E-state index in [1.165, 1.54) is 0 Å². The Morgan fingerprint density at radius 3 is 3.00 bits per heavy atom. The van der Waals surface area contributed by atoms with Gasteiger partial charge in [0.2, 0.25) is 5.95 Å². The van der Waals surface area contributed by atoms with E-state index in [1.807, 2.05) is 13.0 Å². The van der Waals surface area contributed by atoms with Crippen molar-refractivity contribution in [2.45, 2.75) is 31.9 Å². The Hall–Kier alpha value is -1.36. The number of nitrogens with zero attached hydrogens (tertiary/aromatic N) is 2. The number of nitrogens with one attached hydrogen (secondary N) is 2. The fraction of sp³-hybridized carbons (Fsp3) is 0.636. The van der Waals surface area contributed by atoms with Crippen molar-refractivity contribution in [2.75, 3.05) is 24.3 Å². The number of anilines is 2. The van der Waals surface area contributed by atoms with Gasteiger partial charge in [0.05, 0.1) is 6.10 Å². The lowest BCUT2D eigenvalue weighted by molar-refractivity contribution is 0.0328. The predicted molar refractivity (Wildman–Crippen MR) is 63.6 cm³/mol. The Kier molecular flexibility index (Phi) is 3.56. The topological polar surface area (TPSA) is 59.1 Å². The molecule has 2 rings (SSSR count). The molecule has 1 aromatic heterocycles. The molecule has 2 N–H and O–H groups in total. The smallest absolute Gasteiger partial charge is 0.224 e. The van der Waals surface area contributed by atoms with E-state index in [0.717, 1.165) is 25.2 Å². The van der Waals surface area contributed by atoms with E-state index in [9.17, 15) is 0 Å². The monoisotopic (exact) mass is 222 g/mol. The molecule has 5 nitrogen and oxygen atoms in total. The van der Waals surface area contributed by atoms with E-state index in [1.54, 1.807) is 13.3 Å². The van der Waals surface area contributed by atoms with Gasteiger partial charge in [-0.15, -0.1) is 0 Å². The van der Waals surface area contributed by atoms with Crippen molar-refractivity contribution in [1.82, 2.24) is 9.97 Å². The maximum Gasteiger partial charge on any atom is 0.224 e. The minimum absolute atomic E-state index is 0.410. The maximum absolute atomic E-state index is 5.23. The largest absolute Gasteiger partial charge is 0.381 e. The average molecular weight is 222 g/mol. The maximum atomic E-state index is 5.23. The molecule has 0 spiro atoms. The molecule has 0 atom stereocenters. The zero-order valence-corrected chi connectivity index (χ0v) is 9.73. The third kappa shape index (κ3) is 2.61. The van der Waals surface area contributed by atoms with Gasteiger partial charge in [-0.3, -0.25) is 0 Å². The average Bonchev–Trinajstić information content (AvgIpc) is 2.24. The highest BCUT2D eigenvalue weighted by atomic mass is 16.5. The molecule has 16 heavy (non-hydrogen) atoms. The van der Waals surface area contributed by atoms with Gasteiger partial charge in [-0.2, -0.15) is 4.98 Å². The number of ether oxygens (including phenoxy) is 1. The highest BCUT2D eigenvalue weighted by Crippen LogP contribution is 2.25. The van der Waals surface area contributed by atoms with Crippen molar-refractivity contribution in [3.8, 4) is 0 Å². The predicted octanol–water partition coefficient (Wildman–Crippen LogP) is 1.50. The fourth-order valence-corrected chi connectivity index (χ4v) is 1.77. The van der Waals surface area contributed by atoms with Gasteiger partial charge >= 0.3 is 0 Å².